The molecular weight excluding hydrogens is 767 g/mol. The van der Waals surface area contributed by atoms with Crippen LogP contribution in [0.15, 0.2) is 217 Å². The van der Waals surface area contributed by atoms with Gasteiger partial charge in [-0.25, -0.2) is 15.0 Å². The average molecular weight is 802 g/mol. The average Bonchev–Trinajstić information content (AvgIpc) is 3.71. The Balaban J connectivity index is 1.10. The molecule has 0 spiro atoms. The maximum absolute atomic E-state index is 6.47. The zero-order valence-electron chi connectivity index (χ0n) is 34.0. The summed E-state index contributed by atoms with van der Waals surface area (Å²) in [7, 11) is 0. The summed E-state index contributed by atoms with van der Waals surface area (Å²) in [4.78, 5) is 15.6. The van der Waals surface area contributed by atoms with E-state index in [1.54, 1.807) is 0 Å². The van der Waals surface area contributed by atoms with Gasteiger partial charge in [0.05, 0.1) is 0 Å². The monoisotopic (exact) mass is 801 g/mol. The lowest BCUT2D eigenvalue weighted by Crippen LogP contribution is -2.01. The SMILES string of the molecule is c1ccc(-c2nc(-c3ccccc3)nc(-c3c4ccccc4c(-c4c5ccccc5c(-c5ccc6oc7cc8ccccc8cc7c6c5)c5ccccc45)c4ccccc34)n2)cc1. The van der Waals surface area contributed by atoms with Crippen LogP contribution in [0, 0.1) is 0 Å². The van der Waals surface area contributed by atoms with E-state index in [-0.39, 0.29) is 0 Å². The quantitative estimate of drug-likeness (QED) is 0.163. The van der Waals surface area contributed by atoms with Crippen LogP contribution >= 0.6 is 0 Å². The van der Waals surface area contributed by atoms with E-state index in [1.807, 2.05) is 36.4 Å². The van der Waals surface area contributed by atoms with Crippen molar-refractivity contribution in [1.82, 2.24) is 15.0 Å². The Labute approximate surface area is 362 Å². The Hall–Kier alpha value is -8.47. The number of aromatic nitrogens is 3. The van der Waals surface area contributed by atoms with Gasteiger partial charge in [-0.3, -0.25) is 0 Å². The van der Waals surface area contributed by atoms with Crippen LogP contribution in [0.5, 0.6) is 0 Å². The summed E-state index contributed by atoms with van der Waals surface area (Å²) in [5.41, 5.74) is 9.41. The Morgan fingerprint density at radius 2 is 0.619 bits per heavy atom. The van der Waals surface area contributed by atoms with Gasteiger partial charge in [-0.05, 0) is 100 Å². The third kappa shape index (κ3) is 5.59. The molecule has 0 fully saturated rings. The standard InChI is InChI=1S/C59H35N3O/c1-3-17-36(18-4-1)57-60-58(37-19-5-2-6-20-37)62-59(61-57)56-47-29-15-13-27-45(47)55(46-28-14-16-30-48(46)56)54-43-25-11-9-23-41(43)53(42-24-10-12-26-44(42)54)40-31-32-51-49(34-40)50-33-38-21-7-8-22-39(38)35-52(50)63-51/h1-35H. The van der Waals surface area contributed by atoms with Crippen molar-refractivity contribution in [3.05, 3.63) is 212 Å². The molecule has 13 rings (SSSR count). The van der Waals surface area contributed by atoms with Crippen molar-refractivity contribution in [1.29, 1.82) is 0 Å². The van der Waals surface area contributed by atoms with E-state index in [0.717, 1.165) is 65.7 Å². The minimum atomic E-state index is 0.638. The number of benzene rings is 11. The van der Waals surface area contributed by atoms with E-state index in [2.05, 4.69) is 176 Å². The molecule has 0 aliphatic heterocycles. The van der Waals surface area contributed by atoms with Crippen molar-refractivity contribution in [2.24, 2.45) is 0 Å². The molecule has 11 aromatic carbocycles. The van der Waals surface area contributed by atoms with E-state index < -0.39 is 0 Å². The summed E-state index contributed by atoms with van der Waals surface area (Å²) in [5, 5.41) is 13.8. The van der Waals surface area contributed by atoms with Crippen molar-refractivity contribution >= 4 is 75.8 Å². The lowest BCUT2D eigenvalue weighted by atomic mass is 9.81. The summed E-state index contributed by atoms with van der Waals surface area (Å²) in [6, 6.07) is 75.3. The first kappa shape index (κ1) is 35.3. The van der Waals surface area contributed by atoms with Crippen LogP contribution in [0.3, 0.4) is 0 Å². The third-order valence-corrected chi connectivity index (χ3v) is 12.7. The first-order chi connectivity index (χ1) is 31.2. The molecule has 0 saturated carbocycles. The zero-order valence-corrected chi connectivity index (χ0v) is 34.0. The molecule has 0 bridgehead atoms. The van der Waals surface area contributed by atoms with Crippen LogP contribution in [0.1, 0.15) is 0 Å². The van der Waals surface area contributed by atoms with Gasteiger partial charge in [0.25, 0.3) is 0 Å². The number of fused-ring (bicyclic) bond motifs is 8. The van der Waals surface area contributed by atoms with Gasteiger partial charge in [0, 0.05) is 27.5 Å². The highest BCUT2D eigenvalue weighted by Gasteiger charge is 2.24. The fourth-order valence-electron chi connectivity index (χ4n) is 9.89. The van der Waals surface area contributed by atoms with Gasteiger partial charge in [0.15, 0.2) is 17.5 Å². The van der Waals surface area contributed by atoms with Gasteiger partial charge in [-0.2, -0.15) is 0 Å². The molecule has 2 heterocycles. The summed E-state index contributed by atoms with van der Waals surface area (Å²) >= 11 is 0. The first-order valence-electron chi connectivity index (χ1n) is 21.4. The minimum absolute atomic E-state index is 0.638. The summed E-state index contributed by atoms with van der Waals surface area (Å²) in [5.74, 6) is 1.92. The van der Waals surface area contributed by atoms with Crippen molar-refractivity contribution in [2.45, 2.75) is 0 Å². The van der Waals surface area contributed by atoms with Gasteiger partial charge in [0.2, 0.25) is 0 Å². The molecule has 0 saturated heterocycles. The second-order valence-electron chi connectivity index (χ2n) is 16.2. The number of rotatable bonds is 5. The fraction of sp³-hybridized carbons (Fsp3) is 0. The Morgan fingerprint density at radius 1 is 0.238 bits per heavy atom. The van der Waals surface area contributed by atoms with Crippen LogP contribution in [0.2, 0.25) is 0 Å². The van der Waals surface area contributed by atoms with E-state index >= 15 is 0 Å². The maximum atomic E-state index is 6.47. The van der Waals surface area contributed by atoms with E-state index in [1.165, 1.54) is 49.0 Å². The summed E-state index contributed by atoms with van der Waals surface area (Å²) < 4.78 is 6.47. The lowest BCUT2D eigenvalue weighted by molar-refractivity contribution is 0.669. The topological polar surface area (TPSA) is 51.8 Å². The predicted molar refractivity (Wildman–Crippen MR) is 262 cm³/mol. The van der Waals surface area contributed by atoms with Crippen molar-refractivity contribution in [3.8, 4) is 56.4 Å². The van der Waals surface area contributed by atoms with Gasteiger partial charge >= 0.3 is 0 Å². The first-order valence-corrected chi connectivity index (χ1v) is 21.4. The molecule has 0 amide bonds. The van der Waals surface area contributed by atoms with Gasteiger partial charge < -0.3 is 4.42 Å². The van der Waals surface area contributed by atoms with Crippen LogP contribution < -0.4 is 0 Å². The summed E-state index contributed by atoms with van der Waals surface area (Å²) in [6.07, 6.45) is 0. The van der Waals surface area contributed by atoms with Crippen LogP contribution in [0.4, 0.5) is 0 Å². The van der Waals surface area contributed by atoms with Crippen LogP contribution in [-0.2, 0) is 0 Å². The number of nitrogens with zero attached hydrogens (tertiary/aromatic N) is 3. The maximum Gasteiger partial charge on any atom is 0.165 e. The van der Waals surface area contributed by atoms with Gasteiger partial charge in [0.1, 0.15) is 11.2 Å². The highest BCUT2D eigenvalue weighted by Crippen LogP contribution is 2.50. The van der Waals surface area contributed by atoms with Crippen molar-refractivity contribution in [3.63, 3.8) is 0 Å². The third-order valence-electron chi connectivity index (χ3n) is 12.7. The molecule has 2 aromatic heterocycles. The molecule has 0 unspecified atom stereocenters. The number of hydrogen-bond acceptors (Lipinski definition) is 4. The van der Waals surface area contributed by atoms with Gasteiger partial charge in [-0.1, -0.05) is 188 Å². The molecule has 13 aromatic rings. The molecule has 4 heteroatoms. The van der Waals surface area contributed by atoms with E-state index in [0.29, 0.717) is 17.5 Å². The lowest BCUT2D eigenvalue weighted by Gasteiger charge is -2.22. The normalized spacial score (nSPS) is 11.8. The van der Waals surface area contributed by atoms with Crippen molar-refractivity contribution < 1.29 is 4.42 Å². The number of hydrogen-bond donors (Lipinski definition) is 0. The minimum Gasteiger partial charge on any atom is -0.456 e. The molecular formula is C59H35N3O. The molecule has 0 radical (unpaired) electrons. The second-order valence-corrected chi connectivity index (χ2v) is 16.2. The largest absolute Gasteiger partial charge is 0.456 e. The molecule has 0 aliphatic carbocycles. The van der Waals surface area contributed by atoms with Gasteiger partial charge in [-0.15, -0.1) is 0 Å². The molecule has 0 atom stereocenters. The number of furan rings is 1. The predicted octanol–water partition coefficient (Wildman–Crippen LogP) is 15.9. The highest BCUT2D eigenvalue weighted by molar-refractivity contribution is 6.30. The Morgan fingerprint density at radius 3 is 1.11 bits per heavy atom. The van der Waals surface area contributed by atoms with Crippen molar-refractivity contribution in [2.75, 3.05) is 0 Å². The fourth-order valence-corrected chi connectivity index (χ4v) is 9.89. The van der Waals surface area contributed by atoms with Crippen LogP contribution in [0.25, 0.3) is 132 Å². The summed E-state index contributed by atoms with van der Waals surface area (Å²) in [6.45, 7) is 0. The second kappa shape index (κ2) is 14.1. The van der Waals surface area contributed by atoms with Crippen LogP contribution in [-0.4, -0.2) is 15.0 Å². The molecule has 0 N–H and O–H groups in total. The Bertz CT molecular complexity index is 3800. The molecule has 292 valence electrons. The Kier molecular flexibility index (Phi) is 7.87. The smallest absolute Gasteiger partial charge is 0.165 e. The molecule has 63 heavy (non-hydrogen) atoms. The molecule has 0 aliphatic rings. The van der Waals surface area contributed by atoms with E-state index in [9.17, 15) is 0 Å². The van der Waals surface area contributed by atoms with E-state index in [4.69, 9.17) is 19.4 Å². The zero-order chi connectivity index (χ0) is 41.4. The molecule has 4 nitrogen and oxygen atoms in total. The highest BCUT2D eigenvalue weighted by atomic mass is 16.3.